The van der Waals surface area contributed by atoms with Crippen molar-refractivity contribution in [3.8, 4) is 0 Å². The summed E-state index contributed by atoms with van der Waals surface area (Å²) < 4.78 is 39.3. The van der Waals surface area contributed by atoms with E-state index in [-0.39, 0.29) is 25.0 Å². The van der Waals surface area contributed by atoms with E-state index in [1.807, 2.05) is 30.5 Å². The number of urea groups is 1. The van der Waals surface area contributed by atoms with Crippen molar-refractivity contribution in [2.45, 2.75) is 38.0 Å². The predicted octanol–water partition coefficient (Wildman–Crippen LogP) is 7.76. The normalized spacial score (nSPS) is 13.3. The second kappa shape index (κ2) is 12.0. The van der Waals surface area contributed by atoms with Crippen LogP contribution in [0, 0.1) is 0 Å². The van der Waals surface area contributed by atoms with Crippen LogP contribution < -0.4 is 5.32 Å². The number of amides is 3. The van der Waals surface area contributed by atoms with Crippen LogP contribution in [0.1, 0.15) is 29.5 Å². The Hall–Kier alpha value is -3.69. The molecule has 1 aliphatic carbocycles. The number of aromatic nitrogens is 1. The molecule has 0 saturated heterocycles. The SMILES string of the molecule is O=C(CN(C(=O)Nc1ccc(Cl)c(Cl)c1)C1CC1)N(CCc1c[nH]c2ccccc12)Cc1ccc(C(F)(F)F)cc1. The first-order valence-electron chi connectivity index (χ1n) is 13.1. The first-order chi connectivity index (χ1) is 19.6. The van der Waals surface area contributed by atoms with Gasteiger partial charge >= 0.3 is 12.2 Å². The third kappa shape index (κ3) is 7.15. The summed E-state index contributed by atoms with van der Waals surface area (Å²) in [5.74, 6) is -0.305. The Morgan fingerprint density at radius 1 is 0.976 bits per heavy atom. The van der Waals surface area contributed by atoms with Gasteiger partial charge in [-0.05, 0) is 66.8 Å². The first-order valence-corrected chi connectivity index (χ1v) is 13.9. The molecule has 6 nitrogen and oxygen atoms in total. The average molecular weight is 603 g/mol. The molecule has 1 heterocycles. The highest BCUT2D eigenvalue weighted by Gasteiger charge is 2.35. The van der Waals surface area contributed by atoms with Gasteiger partial charge in [0.2, 0.25) is 5.91 Å². The zero-order valence-corrected chi connectivity index (χ0v) is 23.4. The van der Waals surface area contributed by atoms with E-state index in [2.05, 4.69) is 10.3 Å². The Bertz CT molecular complexity index is 1550. The molecule has 2 N–H and O–H groups in total. The lowest BCUT2D eigenvalue weighted by Gasteiger charge is -2.28. The van der Waals surface area contributed by atoms with Crippen molar-refractivity contribution in [3.05, 3.63) is 99.7 Å². The van der Waals surface area contributed by atoms with Crippen molar-refractivity contribution >= 4 is 51.7 Å². The summed E-state index contributed by atoms with van der Waals surface area (Å²) in [6, 6.07) is 16.8. The number of carbonyl (C=O) groups is 2. The minimum Gasteiger partial charge on any atom is -0.361 e. The Labute approximate surface area is 245 Å². The van der Waals surface area contributed by atoms with Crippen LogP contribution in [0.3, 0.4) is 0 Å². The van der Waals surface area contributed by atoms with E-state index in [4.69, 9.17) is 23.2 Å². The molecule has 4 aromatic rings. The van der Waals surface area contributed by atoms with Crippen molar-refractivity contribution in [3.63, 3.8) is 0 Å². The van der Waals surface area contributed by atoms with Gasteiger partial charge in [-0.2, -0.15) is 13.2 Å². The number of aromatic amines is 1. The molecule has 5 rings (SSSR count). The van der Waals surface area contributed by atoms with Gasteiger partial charge in [0.25, 0.3) is 0 Å². The monoisotopic (exact) mass is 602 g/mol. The van der Waals surface area contributed by atoms with Crippen molar-refractivity contribution in [2.24, 2.45) is 0 Å². The largest absolute Gasteiger partial charge is 0.416 e. The van der Waals surface area contributed by atoms with Crippen LogP contribution in [-0.4, -0.2) is 45.9 Å². The lowest BCUT2D eigenvalue weighted by atomic mass is 10.1. The van der Waals surface area contributed by atoms with E-state index in [0.29, 0.717) is 34.3 Å². The fraction of sp³-hybridized carbons (Fsp3) is 0.267. The summed E-state index contributed by atoms with van der Waals surface area (Å²) in [5.41, 5.74) is 2.24. The van der Waals surface area contributed by atoms with Crippen molar-refractivity contribution in [2.75, 3.05) is 18.4 Å². The van der Waals surface area contributed by atoms with E-state index in [1.54, 1.807) is 17.0 Å². The molecule has 214 valence electrons. The van der Waals surface area contributed by atoms with Gasteiger partial charge in [-0.25, -0.2) is 4.79 Å². The Morgan fingerprint density at radius 3 is 2.39 bits per heavy atom. The second-order valence-electron chi connectivity index (χ2n) is 10.0. The third-order valence-corrected chi connectivity index (χ3v) is 7.80. The summed E-state index contributed by atoms with van der Waals surface area (Å²) in [4.78, 5) is 33.2. The van der Waals surface area contributed by atoms with Gasteiger partial charge in [0.15, 0.2) is 0 Å². The maximum atomic E-state index is 13.7. The number of nitrogens with zero attached hydrogens (tertiary/aromatic N) is 2. The number of fused-ring (bicyclic) bond motifs is 1. The standard InChI is InChI=1S/C30H27Cl2F3N4O2/c31-25-12-9-22(15-26(25)32)37-29(41)39(23-10-11-23)18-28(40)38(17-19-5-7-21(8-6-19)30(33,34)35)14-13-20-16-36-27-4-2-1-3-24(20)27/h1-9,12,15-16,23,36H,10-11,13-14,17-18H2,(H,37,41). The highest BCUT2D eigenvalue weighted by molar-refractivity contribution is 6.42. The molecule has 11 heteroatoms. The van der Waals surface area contributed by atoms with Gasteiger partial charge in [-0.3, -0.25) is 4.79 Å². The van der Waals surface area contributed by atoms with Gasteiger partial charge in [0.1, 0.15) is 6.54 Å². The predicted molar refractivity (Wildman–Crippen MR) is 154 cm³/mol. The molecule has 0 radical (unpaired) electrons. The molecule has 0 bridgehead atoms. The van der Waals surface area contributed by atoms with Gasteiger partial charge in [0.05, 0.1) is 15.6 Å². The lowest BCUT2D eigenvalue weighted by Crippen LogP contribution is -2.45. The van der Waals surface area contributed by atoms with Crippen molar-refractivity contribution in [1.29, 1.82) is 0 Å². The van der Waals surface area contributed by atoms with Crippen LogP contribution in [-0.2, 0) is 23.9 Å². The number of hydrogen-bond acceptors (Lipinski definition) is 2. The highest BCUT2D eigenvalue weighted by atomic mass is 35.5. The number of nitrogens with one attached hydrogen (secondary N) is 2. The van der Waals surface area contributed by atoms with Crippen LogP contribution in [0.25, 0.3) is 10.9 Å². The minimum atomic E-state index is -4.45. The van der Waals surface area contributed by atoms with Crippen LogP contribution in [0.2, 0.25) is 10.0 Å². The number of halogens is 5. The smallest absolute Gasteiger partial charge is 0.361 e. The third-order valence-electron chi connectivity index (χ3n) is 7.06. The first kappa shape index (κ1) is 28.8. The number of rotatable bonds is 9. The topological polar surface area (TPSA) is 68.4 Å². The fourth-order valence-corrected chi connectivity index (χ4v) is 4.97. The molecule has 0 spiro atoms. The molecular weight excluding hydrogens is 576 g/mol. The fourth-order valence-electron chi connectivity index (χ4n) is 4.67. The number of benzene rings is 3. The van der Waals surface area contributed by atoms with Gasteiger partial charge in [-0.1, -0.05) is 53.5 Å². The van der Waals surface area contributed by atoms with Gasteiger partial charge in [0, 0.05) is 41.9 Å². The zero-order valence-electron chi connectivity index (χ0n) is 21.8. The highest BCUT2D eigenvalue weighted by Crippen LogP contribution is 2.31. The molecule has 0 atom stereocenters. The molecule has 1 fully saturated rings. The quantitative estimate of drug-likeness (QED) is 0.205. The number of H-pyrrole nitrogens is 1. The summed E-state index contributed by atoms with van der Waals surface area (Å²) in [6.45, 7) is 0.243. The number of para-hydroxylation sites is 1. The lowest BCUT2D eigenvalue weighted by molar-refractivity contribution is -0.137. The average Bonchev–Trinajstić information content (AvgIpc) is 3.70. The summed E-state index contributed by atoms with van der Waals surface area (Å²) >= 11 is 12.1. The maximum Gasteiger partial charge on any atom is 0.416 e. The minimum absolute atomic E-state index is 0.0803. The number of carbonyl (C=O) groups excluding carboxylic acids is 2. The number of hydrogen-bond donors (Lipinski definition) is 2. The maximum absolute atomic E-state index is 13.7. The summed E-state index contributed by atoms with van der Waals surface area (Å²) in [6.07, 6.45) is -0.482. The molecule has 1 aromatic heterocycles. The Kier molecular flexibility index (Phi) is 8.47. The molecule has 1 aliphatic rings. The van der Waals surface area contributed by atoms with E-state index in [9.17, 15) is 22.8 Å². The van der Waals surface area contributed by atoms with Crippen LogP contribution in [0.15, 0.2) is 72.9 Å². The Balaban J connectivity index is 1.33. The van der Waals surface area contributed by atoms with E-state index in [0.717, 1.165) is 41.4 Å². The van der Waals surface area contributed by atoms with Crippen molar-refractivity contribution < 1.29 is 22.8 Å². The molecule has 3 aromatic carbocycles. The summed E-state index contributed by atoms with van der Waals surface area (Å²) in [5, 5.41) is 4.46. The second-order valence-corrected chi connectivity index (χ2v) is 10.9. The molecule has 41 heavy (non-hydrogen) atoms. The van der Waals surface area contributed by atoms with Crippen LogP contribution in [0.5, 0.6) is 0 Å². The molecular formula is C30H27Cl2F3N4O2. The van der Waals surface area contributed by atoms with Crippen molar-refractivity contribution in [1.82, 2.24) is 14.8 Å². The zero-order chi connectivity index (χ0) is 29.1. The molecule has 0 aliphatic heterocycles. The van der Waals surface area contributed by atoms with E-state index >= 15 is 0 Å². The van der Waals surface area contributed by atoms with E-state index in [1.165, 1.54) is 23.1 Å². The Morgan fingerprint density at radius 2 is 1.71 bits per heavy atom. The number of anilines is 1. The molecule has 3 amide bonds. The van der Waals surface area contributed by atoms with Gasteiger partial charge < -0.3 is 20.1 Å². The number of alkyl halides is 3. The van der Waals surface area contributed by atoms with Crippen LogP contribution in [0.4, 0.5) is 23.7 Å². The molecule has 1 saturated carbocycles. The summed E-state index contributed by atoms with van der Waals surface area (Å²) in [7, 11) is 0. The van der Waals surface area contributed by atoms with E-state index < -0.39 is 17.8 Å². The molecule has 0 unspecified atom stereocenters. The van der Waals surface area contributed by atoms with Gasteiger partial charge in [-0.15, -0.1) is 0 Å². The van der Waals surface area contributed by atoms with Crippen LogP contribution >= 0.6 is 23.2 Å².